The summed E-state index contributed by atoms with van der Waals surface area (Å²) >= 11 is 0. The van der Waals surface area contributed by atoms with Crippen molar-refractivity contribution in [3.8, 4) is 5.75 Å². The highest BCUT2D eigenvalue weighted by Crippen LogP contribution is 2.25. The fourth-order valence-electron chi connectivity index (χ4n) is 3.03. The number of nitrogens with zero attached hydrogens (tertiary/aromatic N) is 2. The van der Waals surface area contributed by atoms with E-state index in [9.17, 15) is 22.8 Å². The maximum absolute atomic E-state index is 12.7. The van der Waals surface area contributed by atoms with E-state index in [0.29, 0.717) is 16.2 Å². The molecule has 0 unspecified atom stereocenters. The van der Waals surface area contributed by atoms with Gasteiger partial charge in [-0.3, -0.25) is 14.5 Å². The molecular weight excluding hydrogens is 396 g/mol. The van der Waals surface area contributed by atoms with Crippen LogP contribution in [0.1, 0.15) is 11.1 Å². The highest BCUT2D eigenvalue weighted by molar-refractivity contribution is 7.91. The lowest BCUT2D eigenvalue weighted by atomic mass is 10.2. The minimum Gasteiger partial charge on any atom is -0.497 e. The van der Waals surface area contributed by atoms with Crippen molar-refractivity contribution in [3.63, 3.8) is 0 Å². The topological polar surface area (TPSA) is 101 Å². The molecule has 1 aliphatic heterocycles. The monoisotopic (exact) mass is 416 g/mol. The summed E-state index contributed by atoms with van der Waals surface area (Å²) in [6.45, 7) is 3.04. The van der Waals surface area contributed by atoms with Crippen molar-refractivity contribution in [1.82, 2.24) is 4.90 Å². The summed E-state index contributed by atoms with van der Waals surface area (Å²) in [7, 11) is -2.27. The van der Waals surface area contributed by atoms with Gasteiger partial charge < -0.3 is 4.74 Å². The molecule has 1 aliphatic rings. The number of aryl methyl sites for hydroxylation is 2. The molecular formula is C20H20N2O6S. The molecule has 0 radical (unpaired) electrons. The lowest BCUT2D eigenvalue weighted by Gasteiger charge is -2.16. The molecule has 1 saturated heterocycles. The molecule has 1 fully saturated rings. The number of hydrogen-bond acceptors (Lipinski definition) is 6. The Labute approximate surface area is 168 Å². The average Bonchev–Trinajstić information content (AvgIpc) is 2.91. The highest BCUT2D eigenvalue weighted by Gasteiger charge is 2.45. The van der Waals surface area contributed by atoms with E-state index in [2.05, 4.69) is 0 Å². The number of methoxy groups -OCH3 is 1. The van der Waals surface area contributed by atoms with Gasteiger partial charge in [-0.15, -0.1) is 0 Å². The van der Waals surface area contributed by atoms with Crippen LogP contribution in [-0.2, 0) is 19.4 Å². The molecule has 0 aromatic heterocycles. The molecule has 0 N–H and O–H groups in total. The summed E-state index contributed by atoms with van der Waals surface area (Å²) in [5.41, 5.74) is 1.56. The van der Waals surface area contributed by atoms with Gasteiger partial charge in [0, 0.05) is 6.54 Å². The average molecular weight is 416 g/mol. The number of anilines is 1. The summed E-state index contributed by atoms with van der Waals surface area (Å²) in [6.07, 6.45) is 0. The van der Waals surface area contributed by atoms with Gasteiger partial charge in [-0.1, -0.05) is 12.1 Å². The number of imide groups is 2. The first-order valence-electron chi connectivity index (χ1n) is 8.79. The van der Waals surface area contributed by atoms with Crippen molar-refractivity contribution in [1.29, 1.82) is 0 Å². The first kappa shape index (κ1) is 20.5. The fraction of sp³-hybridized carbons (Fsp3) is 0.250. The molecule has 0 bridgehead atoms. The van der Waals surface area contributed by atoms with Gasteiger partial charge in [0.15, 0.2) is 9.84 Å². The number of carbonyl (C=O) groups is 3. The number of hydrogen-bond donors (Lipinski definition) is 0. The van der Waals surface area contributed by atoms with E-state index in [4.69, 9.17) is 4.74 Å². The molecule has 4 amide bonds. The second-order valence-corrected chi connectivity index (χ2v) is 8.74. The molecule has 0 saturated carbocycles. The molecule has 0 aliphatic carbocycles. The van der Waals surface area contributed by atoms with Crippen LogP contribution in [0, 0.1) is 13.8 Å². The molecule has 2 aromatic rings. The van der Waals surface area contributed by atoms with Crippen molar-refractivity contribution in [3.05, 3.63) is 53.6 Å². The van der Waals surface area contributed by atoms with E-state index in [-0.39, 0.29) is 10.6 Å². The predicted molar refractivity (Wildman–Crippen MR) is 106 cm³/mol. The summed E-state index contributed by atoms with van der Waals surface area (Å²) in [4.78, 5) is 38.8. The number of ether oxygens (including phenoxy) is 1. The number of benzene rings is 2. The number of carbonyl (C=O) groups excluding carboxylic acids is 3. The van der Waals surface area contributed by atoms with Gasteiger partial charge in [-0.05, 0) is 55.3 Å². The zero-order valence-corrected chi connectivity index (χ0v) is 17.0. The molecule has 8 nitrogen and oxygen atoms in total. The smallest absolute Gasteiger partial charge is 0.338 e. The maximum atomic E-state index is 12.7. The Bertz CT molecular complexity index is 1090. The second-order valence-electron chi connectivity index (χ2n) is 6.67. The molecule has 3 rings (SSSR count). The Balaban J connectivity index is 1.81. The largest absolute Gasteiger partial charge is 0.497 e. The molecule has 29 heavy (non-hydrogen) atoms. The lowest BCUT2D eigenvalue weighted by molar-refractivity contribution is -0.139. The first-order valence-corrected chi connectivity index (χ1v) is 10.4. The lowest BCUT2D eigenvalue weighted by Crippen LogP contribution is -2.36. The zero-order chi connectivity index (χ0) is 21.3. The number of rotatable bonds is 6. The predicted octanol–water partition coefficient (Wildman–Crippen LogP) is 2.08. The van der Waals surface area contributed by atoms with Crippen LogP contribution in [-0.4, -0.2) is 50.6 Å². The third kappa shape index (κ3) is 3.86. The van der Waals surface area contributed by atoms with Gasteiger partial charge in [0.1, 0.15) is 5.75 Å². The molecule has 9 heteroatoms. The zero-order valence-electron chi connectivity index (χ0n) is 16.2. The first-order chi connectivity index (χ1) is 13.7. The number of sulfone groups is 1. The summed E-state index contributed by atoms with van der Waals surface area (Å²) in [5.74, 6) is -2.03. The van der Waals surface area contributed by atoms with Gasteiger partial charge in [0.2, 0.25) is 0 Å². The van der Waals surface area contributed by atoms with Crippen molar-refractivity contribution >= 4 is 33.4 Å². The van der Waals surface area contributed by atoms with E-state index in [1.807, 2.05) is 0 Å². The Morgan fingerprint density at radius 3 is 2.21 bits per heavy atom. The van der Waals surface area contributed by atoms with Crippen LogP contribution in [0.5, 0.6) is 5.75 Å². The third-order valence-corrected chi connectivity index (χ3v) is 6.48. The Kier molecular flexibility index (Phi) is 5.43. The van der Waals surface area contributed by atoms with Gasteiger partial charge >= 0.3 is 17.8 Å². The number of amides is 4. The van der Waals surface area contributed by atoms with Crippen LogP contribution in [0.2, 0.25) is 0 Å². The maximum Gasteiger partial charge on any atom is 0.338 e. The van der Waals surface area contributed by atoms with Crippen molar-refractivity contribution in [2.24, 2.45) is 0 Å². The van der Waals surface area contributed by atoms with Gasteiger partial charge in [-0.25, -0.2) is 18.1 Å². The minimum atomic E-state index is -3.75. The quantitative estimate of drug-likeness (QED) is 0.528. The highest BCUT2D eigenvalue weighted by atomic mass is 32.2. The molecule has 2 aromatic carbocycles. The van der Waals surface area contributed by atoms with Crippen molar-refractivity contribution in [2.45, 2.75) is 18.7 Å². The summed E-state index contributed by atoms with van der Waals surface area (Å²) in [5, 5.41) is 0. The van der Waals surface area contributed by atoms with Gasteiger partial charge in [0.05, 0.1) is 23.4 Å². The van der Waals surface area contributed by atoms with Crippen LogP contribution in [0.25, 0.3) is 0 Å². The Morgan fingerprint density at radius 2 is 1.59 bits per heavy atom. The number of urea groups is 1. The normalized spacial score (nSPS) is 14.7. The second kappa shape index (κ2) is 7.67. The van der Waals surface area contributed by atoms with E-state index < -0.39 is 40.0 Å². The summed E-state index contributed by atoms with van der Waals surface area (Å²) < 4.78 is 30.5. The van der Waals surface area contributed by atoms with Crippen molar-refractivity contribution < 1.29 is 27.5 Å². The van der Waals surface area contributed by atoms with E-state index in [0.717, 1.165) is 10.5 Å². The van der Waals surface area contributed by atoms with Crippen LogP contribution < -0.4 is 9.64 Å². The van der Waals surface area contributed by atoms with Gasteiger partial charge in [0.25, 0.3) is 0 Å². The third-order valence-electron chi connectivity index (χ3n) is 4.65. The summed E-state index contributed by atoms with van der Waals surface area (Å²) in [6, 6.07) is 10.2. The Morgan fingerprint density at radius 1 is 0.931 bits per heavy atom. The Hall–Kier alpha value is -3.20. The van der Waals surface area contributed by atoms with Crippen molar-refractivity contribution in [2.75, 3.05) is 24.3 Å². The molecule has 1 heterocycles. The van der Waals surface area contributed by atoms with E-state index in [1.54, 1.807) is 44.2 Å². The van der Waals surface area contributed by atoms with E-state index >= 15 is 0 Å². The van der Waals surface area contributed by atoms with Crippen LogP contribution in [0.3, 0.4) is 0 Å². The van der Waals surface area contributed by atoms with E-state index in [1.165, 1.54) is 19.2 Å². The van der Waals surface area contributed by atoms with Crippen LogP contribution >= 0.6 is 0 Å². The van der Waals surface area contributed by atoms with Gasteiger partial charge in [-0.2, -0.15) is 0 Å². The fourth-order valence-corrected chi connectivity index (χ4v) is 4.59. The molecule has 152 valence electrons. The van der Waals surface area contributed by atoms with Crippen LogP contribution in [0.4, 0.5) is 10.5 Å². The van der Waals surface area contributed by atoms with Crippen LogP contribution in [0.15, 0.2) is 47.4 Å². The standard InChI is InChI=1S/C20H20N2O6S/c1-13-4-5-14(2)17(12-13)29(26,27)11-10-21-18(23)19(24)22(20(21)25)15-6-8-16(28-3)9-7-15/h4-9,12H,10-11H2,1-3H3. The minimum absolute atomic E-state index is 0.148. The molecule has 0 atom stereocenters. The SMILES string of the molecule is COc1ccc(N2C(=O)C(=O)N(CCS(=O)(=O)c3cc(C)ccc3C)C2=O)cc1. The molecule has 0 spiro atoms.